The van der Waals surface area contributed by atoms with Crippen LogP contribution in [0.2, 0.25) is 5.02 Å². The van der Waals surface area contributed by atoms with Crippen molar-refractivity contribution in [3.05, 3.63) is 58.6 Å². The Morgan fingerprint density at radius 2 is 1.78 bits per heavy atom. The molecule has 3 rings (SSSR count). The number of hydrogen-bond donors (Lipinski definition) is 2. The molecule has 1 aliphatic rings. The van der Waals surface area contributed by atoms with E-state index in [1.165, 1.54) is 18.2 Å². The third-order valence-electron chi connectivity index (χ3n) is 5.01. The SMILES string of the molecule is CC1(C)N=C(N)N=C(N)N1c1cccc(CCCCc2cc(Cl)ccc2S(=O)(=O)F)c1.Cl. The number of rotatable bonds is 7. The Hall–Kier alpha value is -2.36. The molecular formula is C21H26Cl2FN5O2S. The lowest BCUT2D eigenvalue weighted by Gasteiger charge is -2.38. The van der Waals surface area contributed by atoms with Gasteiger partial charge in [0.25, 0.3) is 0 Å². The number of hydrogen-bond acceptors (Lipinski definition) is 7. The van der Waals surface area contributed by atoms with Crippen molar-refractivity contribution in [2.75, 3.05) is 4.90 Å². The van der Waals surface area contributed by atoms with Gasteiger partial charge in [0.15, 0.2) is 0 Å². The van der Waals surface area contributed by atoms with Gasteiger partial charge in [0, 0.05) is 10.7 Å². The summed E-state index contributed by atoms with van der Waals surface area (Å²) in [6.45, 7) is 3.80. The first-order valence-electron chi connectivity index (χ1n) is 9.79. The number of aliphatic imine (C=N–C) groups is 2. The molecule has 2 aromatic carbocycles. The zero-order valence-electron chi connectivity index (χ0n) is 17.8. The second kappa shape index (κ2) is 10.1. The molecule has 32 heavy (non-hydrogen) atoms. The molecule has 0 unspecified atom stereocenters. The van der Waals surface area contributed by atoms with Gasteiger partial charge in [-0.05, 0) is 81.0 Å². The maximum absolute atomic E-state index is 13.5. The van der Waals surface area contributed by atoms with E-state index in [1.807, 2.05) is 43.0 Å². The number of aryl methyl sites for hydroxylation is 2. The van der Waals surface area contributed by atoms with Crippen LogP contribution in [0.4, 0.5) is 9.57 Å². The first-order chi connectivity index (χ1) is 14.5. The maximum atomic E-state index is 13.5. The minimum atomic E-state index is -4.78. The molecular weight excluding hydrogens is 476 g/mol. The summed E-state index contributed by atoms with van der Waals surface area (Å²) in [6.07, 6.45) is 2.61. The first-order valence-corrected chi connectivity index (χ1v) is 11.6. The molecule has 4 N–H and O–H groups in total. The highest BCUT2D eigenvalue weighted by atomic mass is 35.5. The number of halogens is 3. The summed E-state index contributed by atoms with van der Waals surface area (Å²) in [6, 6.07) is 12.0. The van der Waals surface area contributed by atoms with Gasteiger partial charge in [-0.1, -0.05) is 23.7 Å². The highest BCUT2D eigenvalue weighted by molar-refractivity contribution is 7.86. The molecule has 0 amide bonds. The fraction of sp³-hybridized carbons (Fsp3) is 0.333. The van der Waals surface area contributed by atoms with Crippen molar-refractivity contribution >= 4 is 51.8 Å². The molecule has 2 aromatic rings. The van der Waals surface area contributed by atoms with Crippen LogP contribution in [0.5, 0.6) is 0 Å². The number of anilines is 1. The van der Waals surface area contributed by atoms with Crippen LogP contribution in [0.15, 0.2) is 57.3 Å². The van der Waals surface area contributed by atoms with Crippen molar-refractivity contribution in [3.63, 3.8) is 0 Å². The predicted octanol–water partition coefficient (Wildman–Crippen LogP) is 4.17. The smallest absolute Gasteiger partial charge is 0.332 e. The Morgan fingerprint density at radius 3 is 2.44 bits per heavy atom. The molecule has 174 valence electrons. The van der Waals surface area contributed by atoms with E-state index in [0.717, 1.165) is 24.1 Å². The Balaban J connectivity index is 0.00000363. The Bertz CT molecular complexity index is 1150. The lowest BCUT2D eigenvalue weighted by atomic mass is 10.0. The molecule has 0 saturated heterocycles. The van der Waals surface area contributed by atoms with Crippen LogP contribution >= 0.6 is 24.0 Å². The fourth-order valence-electron chi connectivity index (χ4n) is 3.73. The molecule has 0 spiro atoms. The van der Waals surface area contributed by atoms with Gasteiger partial charge in [-0.15, -0.1) is 16.3 Å². The van der Waals surface area contributed by atoms with E-state index in [4.69, 9.17) is 23.1 Å². The second-order valence-electron chi connectivity index (χ2n) is 7.84. The van der Waals surface area contributed by atoms with Crippen LogP contribution < -0.4 is 16.4 Å². The number of benzene rings is 2. The summed E-state index contributed by atoms with van der Waals surface area (Å²) < 4.78 is 36.2. The molecule has 7 nitrogen and oxygen atoms in total. The largest absolute Gasteiger partial charge is 0.369 e. The van der Waals surface area contributed by atoms with Crippen molar-refractivity contribution < 1.29 is 12.3 Å². The van der Waals surface area contributed by atoms with Crippen molar-refractivity contribution in [2.24, 2.45) is 21.5 Å². The summed E-state index contributed by atoms with van der Waals surface area (Å²) in [5, 5.41) is 0.377. The van der Waals surface area contributed by atoms with Crippen molar-refractivity contribution in [2.45, 2.75) is 50.1 Å². The molecule has 0 aromatic heterocycles. The number of nitrogens with two attached hydrogens (primary N) is 2. The molecule has 0 aliphatic carbocycles. The number of unbranched alkanes of at least 4 members (excludes halogenated alkanes) is 1. The Kier molecular flexibility index (Phi) is 8.14. The third kappa shape index (κ3) is 6.11. The quantitative estimate of drug-likeness (QED) is 0.436. The van der Waals surface area contributed by atoms with Gasteiger partial charge in [-0.2, -0.15) is 13.4 Å². The molecule has 0 radical (unpaired) electrons. The third-order valence-corrected chi connectivity index (χ3v) is 6.17. The molecule has 11 heteroatoms. The van der Waals surface area contributed by atoms with Gasteiger partial charge < -0.3 is 11.5 Å². The standard InChI is InChI=1S/C21H25ClFN5O2S.ClH/c1-21(2)27-19(24)26-20(25)28(21)17-9-5-7-14(12-17)6-3-4-8-15-13-16(22)10-11-18(15)31(23,29)30;/h5,7,9-13H,3-4,6,8H2,1-2H3,(H4,24,25,26,27);1H. The summed E-state index contributed by atoms with van der Waals surface area (Å²) >= 11 is 5.95. The Morgan fingerprint density at radius 1 is 1.09 bits per heavy atom. The second-order valence-corrected chi connectivity index (χ2v) is 9.59. The van der Waals surface area contributed by atoms with Crippen LogP contribution in [0.1, 0.15) is 37.8 Å². The van der Waals surface area contributed by atoms with Gasteiger partial charge in [0.2, 0.25) is 11.9 Å². The van der Waals surface area contributed by atoms with E-state index >= 15 is 0 Å². The highest BCUT2D eigenvalue weighted by Gasteiger charge is 2.33. The minimum absolute atomic E-state index is 0. The molecule has 0 saturated carbocycles. The monoisotopic (exact) mass is 501 g/mol. The van der Waals surface area contributed by atoms with E-state index in [1.54, 1.807) is 0 Å². The lowest BCUT2D eigenvalue weighted by Crippen LogP contribution is -2.54. The van der Waals surface area contributed by atoms with E-state index in [0.29, 0.717) is 23.4 Å². The number of nitrogens with zero attached hydrogens (tertiary/aromatic N) is 3. The van der Waals surface area contributed by atoms with Gasteiger partial charge in [-0.25, -0.2) is 4.99 Å². The van der Waals surface area contributed by atoms with Crippen molar-refractivity contribution in [3.8, 4) is 0 Å². The number of guanidine groups is 2. The Labute approximate surface area is 199 Å². The summed E-state index contributed by atoms with van der Waals surface area (Å²) in [7, 11) is -4.78. The van der Waals surface area contributed by atoms with Crippen LogP contribution in [-0.2, 0) is 23.1 Å². The molecule has 1 aliphatic heterocycles. The van der Waals surface area contributed by atoms with E-state index in [2.05, 4.69) is 9.98 Å². The topological polar surface area (TPSA) is 114 Å². The average Bonchev–Trinajstić information content (AvgIpc) is 2.63. The van der Waals surface area contributed by atoms with Gasteiger partial charge >= 0.3 is 10.2 Å². The van der Waals surface area contributed by atoms with Crippen LogP contribution in [-0.4, -0.2) is 26.0 Å². The first kappa shape index (κ1) is 25.9. The summed E-state index contributed by atoms with van der Waals surface area (Å²) in [4.78, 5) is 9.92. The van der Waals surface area contributed by atoms with E-state index < -0.39 is 15.9 Å². The molecule has 0 atom stereocenters. The van der Waals surface area contributed by atoms with Crippen molar-refractivity contribution in [1.82, 2.24) is 0 Å². The van der Waals surface area contributed by atoms with Gasteiger partial charge in [0.1, 0.15) is 10.6 Å². The van der Waals surface area contributed by atoms with E-state index in [9.17, 15) is 12.3 Å². The maximum Gasteiger partial charge on any atom is 0.332 e. The summed E-state index contributed by atoms with van der Waals surface area (Å²) in [5.74, 6) is 0.418. The highest BCUT2D eigenvalue weighted by Crippen LogP contribution is 2.29. The lowest BCUT2D eigenvalue weighted by molar-refractivity contribution is 0.533. The predicted molar refractivity (Wildman–Crippen MR) is 130 cm³/mol. The molecule has 0 fully saturated rings. The van der Waals surface area contributed by atoms with E-state index in [-0.39, 0.29) is 29.2 Å². The van der Waals surface area contributed by atoms with Crippen molar-refractivity contribution in [1.29, 1.82) is 0 Å². The average molecular weight is 502 g/mol. The molecule has 0 bridgehead atoms. The van der Waals surface area contributed by atoms with Crippen LogP contribution in [0, 0.1) is 0 Å². The normalized spacial score (nSPS) is 15.6. The zero-order chi connectivity index (χ0) is 22.8. The molecule has 1 heterocycles. The minimum Gasteiger partial charge on any atom is -0.369 e. The zero-order valence-corrected chi connectivity index (χ0v) is 20.1. The fourth-order valence-corrected chi connectivity index (χ4v) is 4.63. The van der Waals surface area contributed by atoms with Gasteiger partial charge in [0.05, 0.1) is 0 Å². The van der Waals surface area contributed by atoms with Crippen LogP contribution in [0.25, 0.3) is 0 Å². The summed E-state index contributed by atoms with van der Waals surface area (Å²) in [5.41, 5.74) is 13.5. The van der Waals surface area contributed by atoms with Crippen LogP contribution in [0.3, 0.4) is 0 Å². The van der Waals surface area contributed by atoms with Gasteiger partial charge in [-0.3, -0.25) is 4.90 Å².